The van der Waals surface area contributed by atoms with Crippen molar-refractivity contribution in [2.24, 2.45) is 11.1 Å². The number of halogens is 2. The average molecular weight is 412 g/mol. The van der Waals surface area contributed by atoms with Gasteiger partial charge in [-0.2, -0.15) is 0 Å². The van der Waals surface area contributed by atoms with Gasteiger partial charge < -0.3 is 26.0 Å². The fourth-order valence-corrected chi connectivity index (χ4v) is 2.66. The number of hydrogen-bond donors (Lipinski definition) is 3. The number of amides is 3. The summed E-state index contributed by atoms with van der Waals surface area (Å²) in [6.45, 7) is 5.15. The zero-order valence-corrected chi connectivity index (χ0v) is 16.6. The molecule has 0 saturated carbocycles. The van der Waals surface area contributed by atoms with E-state index < -0.39 is 29.7 Å². The van der Waals surface area contributed by atoms with E-state index in [2.05, 4.69) is 10.6 Å². The first-order valence-corrected chi connectivity index (χ1v) is 9.16. The van der Waals surface area contributed by atoms with Gasteiger partial charge >= 0.3 is 0 Å². The van der Waals surface area contributed by atoms with Gasteiger partial charge in [-0.15, -0.1) is 0 Å². The van der Waals surface area contributed by atoms with Gasteiger partial charge in [-0.25, -0.2) is 8.78 Å². The fourth-order valence-electron chi connectivity index (χ4n) is 2.66. The van der Waals surface area contributed by atoms with Crippen LogP contribution in [0.1, 0.15) is 32.8 Å². The van der Waals surface area contributed by atoms with Crippen molar-refractivity contribution in [1.29, 1.82) is 0 Å². The number of hydrogen-bond acceptors (Lipinski definition) is 5. The van der Waals surface area contributed by atoms with Crippen molar-refractivity contribution in [1.82, 2.24) is 5.32 Å². The van der Waals surface area contributed by atoms with Crippen LogP contribution in [0.2, 0.25) is 0 Å². The second-order valence-electron chi connectivity index (χ2n) is 7.67. The number of carbonyl (C=O) groups excluding carboxylic acids is 3. The van der Waals surface area contributed by atoms with E-state index in [1.807, 2.05) is 0 Å². The number of nitrogens with zero attached hydrogens (tertiary/aromatic N) is 1. The topological polar surface area (TPSA) is 114 Å². The molecular weight excluding hydrogens is 386 g/mol. The highest BCUT2D eigenvalue weighted by molar-refractivity contribution is 5.99. The monoisotopic (exact) mass is 412 g/mol. The molecule has 0 bridgehead atoms. The molecule has 160 valence electrons. The molecule has 0 radical (unpaired) electrons. The fraction of sp³-hybridized carbons (Fsp3) is 0.526. The Morgan fingerprint density at radius 3 is 2.55 bits per heavy atom. The van der Waals surface area contributed by atoms with Crippen LogP contribution in [0.4, 0.5) is 20.2 Å². The van der Waals surface area contributed by atoms with Gasteiger partial charge in [-0.1, -0.05) is 20.8 Å². The summed E-state index contributed by atoms with van der Waals surface area (Å²) in [5, 5.41) is 5.03. The smallest absolute Gasteiger partial charge is 0.265 e. The number of rotatable bonds is 6. The van der Waals surface area contributed by atoms with Gasteiger partial charge in [0.05, 0.1) is 12.3 Å². The zero-order chi connectivity index (χ0) is 21.8. The molecule has 0 spiro atoms. The van der Waals surface area contributed by atoms with Gasteiger partial charge in [0.2, 0.25) is 11.8 Å². The molecule has 2 rings (SSSR count). The van der Waals surface area contributed by atoms with Crippen LogP contribution in [0.5, 0.6) is 0 Å². The molecule has 1 aromatic rings. The molecule has 8 nitrogen and oxygen atoms in total. The predicted octanol–water partition coefficient (Wildman–Crippen LogP) is 1.42. The highest BCUT2D eigenvalue weighted by Gasteiger charge is 2.28. The van der Waals surface area contributed by atoms with Crippen LogP contribution in [0.15, 0.2) is 18.2 Å². The van der Waals surface area contributed by atoms with Crippen LogP contribution < -0.4 is 21.3 Å². The van der Waals surface area contributed by atoms with Gasteiger partial charge in [0, 0.05) is 29.8 Å². The lowest BCUT2D eigenvalue weighted by Gasteiger charge is -2.29. The van der Waals surface area contributed by atoms with E-state index in [0.717, 1.165) is 6.07 Å². The summed E-state index contributed by atoms with van der Waals surface area (Å²) in [6, 6.07) is 2.86. The van der Waals surface area contributed by atoms with Gasteiger partial charge in [0.1, 0.15) is 12.6 Å². The molecule has 1 aliphatic rings. The number of carbonyl (C=O) groups is 3. The minimum absolute atomic E-state index is 0.0720. The number of nitrogens with two attached hydrogens (primary N) is 1. The summed E-state index contributed by atoms with van der Waals surface area (Å²) in [4.78, 5) is 37.8. The van der Waals surface area contributed by atoms with E-state index in [-0.39, 0.29) is 49.1 Å². The van der Waals surface area contributed by atoms with E-state index in [9.17, 15) is 23.2 Å². The third-order valence-electron chi connectivity index (χ3n) is 4.35. The number of ether oxygens (including phenoxy) is 1. The van der Waals surface area contributed by atoms with Crippen LogP contribution in [-0.4, -0.2) is 50.1 Å². The third-order valence-corrected chi connectivity index (χ3v) is 4.35. The molecule has 0 aromatic heterocycles. The minimum Gasteiger partial charge on any atom is -0.370 e. The minimum atomic E-state index is -2.86. The summed E-state index contributed by atoms with van der Waals surface area (Å²) in [5.74, 6) is -1.40. The van der Waals surface area contributed by atoms with Crippen molar-refractivity contribution >= 4 is 29.1 Å². The zero-order valence-electron chi connectivity index (χ0n) is 16.6. The van der Waals surface area contributed by atoms with Crippen LogP contribution in [0, 0.1) is 5.41 Å². The average Bonchev–Trinajstić information content (AvgIpc) is 2.65. The maximum absolute atomic E-state index is 13.6. The Labute approximate surface area is 167 Å². The number of morpholine rings is 1. The molecule has 1 aromatic carbocycles. The number of anilines is 2. The van der Waals surface area contributed by atoms with Crippen LogP contribution in [0.25, 0.3) is 0 Å². The molecule has 3 amide bonds. The molecule has 1 aliphatic heterocycles. The molecule has 1 heterocycles. The number of benzene rings is 1. The second-order valence-corrected chi connectivity index (χ2v) is 7.67. The molecule has 10 heteroatoms. The Kier molecular flexibility index (Phi) is 7.26. The summed E-state index contributed by atoms with van der Waals surface area (Å²) in [6.07, 6.45) is -2.86. The van der Waals surface area contributed by atoms with Crippen LogP contribution in [0.3, 0.4) is 0 Å². The first kappa shape index (κ1) is 22.7. The Morgan fingerprint density at radius 2 is 2.00 bits per heavy atom. The Bertz CT molecular complexity index is 780. The van der Waals surface area contributed by atoms with Gasteiger partial charge in [0.25, 0.3) is 12.3 Å². The van der Waals surface area contributed by atoms with Crippen molar-refractivity contribution in [2.45, 2.75) is 33.2 Å². The number of alkyl halides is 2. The normalized spacial score (nSPS) is 16.0. The van der Waals surface area contributed by atoms with Crippen molar-refractivity contribution < 1.29 is 27.9 Å². The van der Waals surface area contributed by atoms with Crippen molar-refractivity contribution in [2.75, 3.05) is 36.5 Å². The lowest BCUT2D eigenvalue weighted by molar-refractivity contribution is -0.131. The third kappa shape index (κ3) is 5.70. The highest BCUT2D eigenvalue weighted by atomic mass is 19.3. The Balaban J connectivity index is 2.20. The highest BCUT2D eigenvalue weighted by Crippen LogP contribution is 2.33. The molecular formula is C19H26F2N4O4. The second kappa shape index (κ2) is 9.27. The van der Waals surface area contributed by atoms with Crippen molar-refractivity contribution in [3.05, 3.63) is 23.8 Å². The van der Waals surface area contributed by atoms with E-state index in [0.29, 0.717) is 0 Å². The summed E-state index contributed by atoms with van der Waals surface area (Å²) in [5.41, 5.74) is 4.66. The van der Waals surface area contributed by atoms with E-state index in [1.54, 1.807) is 20.8 Å². The molecule has 1 atom stereocenters. The first-order chi connectivity index (χ1) is 13.5. The Morgan fingerprint density at radius 1 is 1.31 bits per heavy atom. The summed E-state index contributed by atoms with van der Waals surface area (Å²) >= 11 is 0. The lowest BCUT2D eigenvalue weighted by Crippen LogP contribution is -2.51. The van der Waals surface area contributed by atoms with Gasteiger partial charge in [-0.3, -0.25) is 14.4 Å². The standard InChI is InChI=1S/C19H26F2N4O4/c1-19(2,3)18(28)24-13(9-22)17(27)23-11-4-5-14(12(8-11)16(20)21)25-6-7-29-10-15(25)26/h4-5,8,13,16H,6-7,9-10,22H2,1-3H3,(H,23,27)(H,24,28)/t13-/m0/s1. The lowest BCUT2D eigenvalue weighted by atomic mass is 9.95. The van der Waals surface area contributed by atoms with E-state index >= 15 is 0 Å². The predicted molar refractivity (Wildman–Crippen MR) is 104 cm³/mol. The van der Waals surface area contributed by atoms with Crippen LogP contribution in [-0.2, 0) is 19.1 Å². The Hall–Kier alpha value is -2.59. The van der Waals surface area contributed by atoms with E-state index in [4.69, 9.17) is 10.5 Å². The largest absolute Gasteiger partial charge is 0.370 e. The molecule has 29 heavy (non-hydrogen) atoms. The van der Waals surface area contributed by atoms with Crippen LogP contribution >= 0.6 is 0 Å². The maximum Gasteiger partial charge on any atom is 0.265 e. The molecule has 0 unspecified atom stereocenters. The van der Waals surface area contributed by atoms with Crippen molar-refractivity contribution in [3.8, 4) is 0 Å². The van der Waals surface area contributed by atoms with Gasteiger partial charge in [-0.05, 0) is 18.2 Å². The summed E-state index contributed by atoms with van der Waals surface area (Å²) in [7, 11) is 0. The maximum atomic E-state index is 13.6. The summed E-state index contributed by atoms with van der Waals surface area (Å²) < 4.78 is 32.2. The first-order valence-electron chi connectivity index (χ1n) is 9.16. The van der Waals surface area contributed by atoms with Gasteiger partial charge in [0.15, 0.2) is 0 Å². The quantitative estimate of drug-likeness (QED) is 0.654. The molecule has 1 saturated heterocycles. The molecule has 1 fully saturated rings. The molecule has 0 aliphatic carbocycles. The SMILES string of the molecule is CC(C)(C)C(=O)N[C@@H](CN)C(=O)Nc1ccc(N2CCOCC2=O)c(C(F)F)c1. The molecule has 4 N–H and O–H groups in total. The number of nitrogens with one attached hydrogen (secondary N) is 2. The van der Waals surface area contributed by atoms with Crippen molar-refractivity contribution in [3.63, 3.8) is 0 Å². The van der Waals surface area contributed by atoms with E-state index in [1.165, 1.54) is 17.0 Å².